The molecule has 1 fully saturated rings. The molecule has 0 saturated carbocycles. The van der Waals surface area contributed by atoms with Crippen LogP contribution in [0.5, 0.6) is 0 Å². The number of carbonyl (C=O) groups excluding carboxylic acids is 1. The summed E-state index contributed by atoms with van der Waals surface area (Å²) in [4.78, 5) is 11.9. The van der Waals surface area contributed by atoms with Crippen LogP contribution in [-0.4, -0.2) is 32.6 Å². The number of halogens is 2. The molecule has 0 amide bonds. The lowest BCUT2D eigenvalue weighted by Crippen LogP contribution is -2.12. The maximum Gasteiger partial charge on any atom is 0.319 e. The Morgan fingerprint density at radius 1 is 1.15 bits per heavy atom. The molecule has 0 unspecified atom stereocenters. The predicted molar refractivity (Wildman–Crippen MR) is 106 cm³/mol. The summed E-state index contributed by atoms with van der Waals surface area (Å²) in [5, 5.41) is 10.1. The molecule has 1 saturated heterocycles. The number of aromatic nitrogens is 3. The average Bonchev–Trinajstić information content (AvgIpc) is 3.23. The predicted octanol–water partition coefficient (Wildman–Crippen LogP) is 4.71. The van der Waals surface area contributed by atoms with Crippen molar-refractivity contribution in [3.63, 3.8) is 0 Å². The third kappa shape index (κ3) is 3.98. The zero-order valence-electron chi connectivity index (χ0n) is 14.1. The monoisotopic (exact) mass is 419 g/mol. The second-order valence-corrected chi connectivity index (χ2v) is 8.08. The highest BCUT2D eigenvalue weighted by atomic mass is 35.5. The van der Waals surface area contributed by atoms with Crippen molar-refractivity contribution in [2.24, 2.45) is 0 Å². The van der Waals surface area contributed by atoms with E-state index in [1.807, 2.05) is 41.0 Å². The molecule has 2 aromatic carbocycles. The lowest BCUT2D eigenvalue weighted by molar-refractivity contribution is -0.137. The van der Waals surface area contributed by atoms with Crippen LogP contribution in [0.4, 0.5) is 0 Å². The first kappa shape index (κ1) is 18.3. The van der Waals surface area contributed by atoms with Gasteiger partial charge in [-0.15, -0.1) is 10.2 Å². The van der Waals surface area contributed by atoms with Gasteiger partial charge in [0, 0.05) is 17.0 Å². The molecular formula is C19H15Cl2N3O2S. The normalized spacial score (nSPS) is 16.5. The number of cyclic esters (lactones) is 1. The van der Waals surface area contributed by atoms with Crippen molar-refractivity contribution in [1.29, 1.82) is 0 Å². The topological polar surface area (TPSA) is 57.0 Å². The molecule has 0 radical (unpaired) electrons. The summed E-state index contributed by atoms with van der Waals surface area (Å²) in [7, 11) is 0. The van der Waals surface area contributed by atoms with Gasteiger partial charge in [0.2, 0.25) is 0 Å². The van der Waals surface area contributed by atoms with Crippen LogP contribution in [0.3, 0.4) is 0 Å². The standard InChI is InChI=1S/C19H15Cl2N3O2S/c20-13-6-7-14(15(21)10-13)17-22-23-19(27-16-8-9-26-18(16)25)24(17)11-12-4-2-1-3-5-12/h1-7,10,16H,8-9,11H2/t16-/m0/s1. The van der Waals surface area contributed by atoms with Crippen molar-refractivity contribution in [2.75, 3.05) is 6.61 Å². The van der Waals surface area contributed by atoms with E-state index in [1.165, 1.54) is 11.8 Å². The average molecular weight is 420 g/mol. The zero-order valence-corrected chi connectivity index (χ0v) is 16.5. The fourth-order valence-corrected chi connectivity index (χ4v) is 4.36. The number of nitrogens with zero attached hydrogens (tertiary/aromatic N) is 3. The molecule has 1 aromatic heterocycles. The van der Waals surface area contributed by atoms with Gasteiger partial charge in [-0.1, -0.05) is 65.3 Å². The summed E-state index contributed by atoms with van der Waals surface area (Å²) >= 11 is 13.8. The van der Waals surface area contributed by atoms with E-state index in [9.17, 15) is 4.79 Å². The number of esters is 1. The molecule has 4 rings (SSSR count). The van der Waals surface area contributed by atoms with E-state index < -0.39 is 0 Å². The molecule has 1 aliphatic rings. The third-order valence-corrected chi connectivity index (χ3v) is 5.98. The second-order valence-electron chi connectivity index (χ2n) is 6.06. The maximum atomic E-state index is 11.9. The lowest BCUT2D eigenvalue weighted by Gasteiger charge is -2.12. The molecule has 0 aliphatic carbocycles. The van der Waals surface area contributed by atoms with E-state index in [0.717, 1.165) is 11.1 Å². The Balaban J connectivity index is 1.75. The molecule has 3 aromatic rings. The minimum atomic E-state index is -0.266. The first-order chi connectivity index (χ1) is 13.1. The maximum absolute atomic E-state index is 11.9. The second kappa shape index (κ2) is 7.92. The Morgan fingerprint density at radius 2 is 1.96 bits per heavy atom. The summed E-state index contributed by atoms with van der Waals surface area (Å²) in [6, 6.07) is 15.3. The molecule has 0 bridgehead atoms. The summed E-state index contributed by atoms with van der Waals surface area (Å²) in [5.41, 5.74) is 1.84. The molecule has 0 spiro atoms. The Morgan fingerprint density at radius 3 is 2.67 bits per heavy atom. The molecule has 1 aliphatic heterocycles. The summed E-state index contributed by atoms with van der Waals surface area (Å²) in [6.45, 7) is 1.01. The number of thioether (sulfide) groups is 1. The van der Waals surface area contributed by atoms with Crippen LogP contribution in [-0.2, 0) is 16.1 Å². The quantitative estimate of drug-likeness (QED) is 0.560. The molecule has 138 valence electrons. The molecule has 0 N–H and O–H groups in total. The molecular weight excluding hydrogens is 405 g/mol. The number of benzene rings is 2. The Bertz CT molecular complexity index is 978. The van der Waals surface area contributed by atoms with Gasteiger partial charge < -0.3 is 4.74 Å². The van der Waals surface area contributed by atoms with Crippen LogP contribution in [0.25, 0.3) is 11.4 Å². The van der Waals surface area contributed by atoms with Gasteiger partial charge >= 0.3 is 5.97 Å². The van der Waals surface area contributed by atoms with Crippen molar-refractivity contribution in [3.05, 3.63) is 64.1 Å². The minimum absolute atomic E-state index is 0.208. The van der Waals surface area contributed by atoms with Crippen LogP contribution in [0.2, 0.25) is 10.0 Å². The van der Waals surface area contributed by atoms with Crippen LogP contribution >= 0.6 is 35.0 Å². The Labute approximate surface area is 170 Å². The largest absolute Gasteiger partial charge is 0.465 e. The lowest BCUT2D eigenvalue weighted by atomic mass is 10.2. The van der Waals surface area contributed by atoms with E-state index in [-0.39, 0.29) is 11.2 Å². The molecule has 1 atom stereocenters. The van der Waals surface area contributed by atoms with Gasteiger partial charge in [-0.2, -0.15) is 0 Å². The number of hydrogen-bond donors (Lipinski definition) is 0. The molecule has 8 heteroatoms. The van der Waals surface area contributed by atoms with Gasteiger partial charge in [-0.05, 0) is 23.8 Å². The van der Waals surface area contributed by atoms with E-state index in [2.05, 4.69) is 10.2 Å². The van der Waals surface area contributed by atoms with Crippen molar-refractivity contribution in [3.8, 4) is 11.4 Å². The highest BCUT2D eigenvalue weighted by Gasteiger charge is 2.30. The van der Waals surface area contributed by atoms with Crippen LogP contribution in [0.15, 0.2) is 53.7 Å². The highest BCUT2D eigenvalue weighted by Crippen LogP contribution is 2.34. The SMILES string of the molecule is O=C1OCC[C@@H]1Sc1nnc(-c2ccc(Cl)cc2Cl)n1Cc1ccccc1. The Hall–Kier alpha value is -2.02. The minimum Gasteiger partial charge on any atom is -0.465 e. The van der Waals surface area contributed by atoms with Gasteiger partial charge in [0.15, 0.2) is 11.0 Å². The fourth-order valence-electron chi connectivity index (χ4n) is 2.87. The highest BCUT2D eigenvalue weighted by molar-refractivity contribution is 8.00. The van der Waals surface area contributed by atoms with Crippen molar-refractivity contribution in [2.45, 2.75) is 23.4 Å². The van der Waals surface area contributed by atoms with Crippen molar-refractivity contribution >= 4 is 40.9 Å². The molecule has 27 heavy (non-hydrogen) atoms. The van der Waals surface area contributed by atoms with Gasteiger partial charge in [0.1, 0.15) is 5.25 Å². The molecule has 2 heterocycles. The van der Waals surface area contributed by atoms with Gasteiger partial charge in [-0.25, -0.2) is 0 Å². The van der Waals surface area contributed by atoms with Crippen LogP contribution in [0, 0.1) is 0 Å². The van der Waals surface area contributed by atoms with E-state index >= 15 is 0 Å². The van der Waals surface area contributed by atoms with Gasteiger partial charge in [0.05, 0.1) is 18.2 Å². The van der Waals surface area contributed by atoms with Gasteiger partial charge in [-0.3, -0.25) is 9.36 Å². The molecule has 5 nitrogen and oxygen atoms in total. The van der Waals surface area contributed by atoms with Crippen LogP contribution in [0.1, 0.15) is 12.0 Å². The zero-order chi connectivity index (χ0) is 18.8. The number of ether oxygens (including phenoxy) is 1. The smallest absolute Gasteiger partial charge is 0.319 e. The first-order valence-electron chi connectivity index (χ1n) is 8.37. The van der Waals surface area contributed by atoms with E-state index in [1.54, 1.807) is 12.1 Å². The van der Waals surface area contributed by atoms with E-state index in [0.29, 0.717) is 40.6 Å². The summed E-state index contributed by atoms with van der Waals surface area (Å²) < 4.78 is 7.04. The fraction of sp³-hybridized carbons (Fsp3) is 0.211. The van der Waals surface area contributed by atoms with Crippen LogP contribution < -0.4 is 0 Å². The van der Waals surface area contributed by atoms with Gasteiger partial charge in [0.25, 0.3) is 0 Å². The Kier molecular flexibility index (Phi) is 5.38. The van der Waals surface area contributed by atoms with Crippen molar-refractivity contribution < 1.29 is 9.53 Å². The summed E-state index contributed by atoms with van der Waals surface area (Å²) in [6.07, 6.45) is 0.665. The third-order valence-electron chi connectivity index (χ3n) is 4.21. The number of carbonyl (C=O) groups is 1. The number of rotatable bonds is 5. The summed E-state index contributed by atoms with van der Waals surface area (Å²) in [5.74, 6) is 0.426. The first-order valence-corrected chi connectivity index (χ1v) is 10.0. The number of hydrogen-bond acceptors (Lipinski definition) is 5. The van der Waals surface area contributed by atoms with Crippen molar-refractivity contribution in [1.82, 2.24) is 14.8 Å². The van der Waals surface area contributed by atoms with E-state index in [4.69, 9.17) is 27.9 Å².